The molecule has 3 aromatic rings. The minimum atomic E-state index is -0.262. The highest BCUT2D eigenvalue weighted by Crippen LogP contribution is 2.45. The van der Waals surface area contributed by atoms with Crippen molar-refractivity contribution in [1.82, 2.24) is 20.3 Å². The lowest BCUT2D eigenvalue weighted by Gasteiger charge is -2.21. The second-order valence-corrected chi connectivity index (χ2v) is 10.1. The van der Waals surface area contributed by atoms with E-state index in [0.29, 0.717) is 54.0 Å². The van der Waals surface area contributed by atoms with Gasteiger partial charge < -0.3 is 34.9 Å². The van der Waals surface area contributed by atoms with E-state index in [4.69, 9.17) is 52.1 Å². The van der Waals surface area contributed by atoms with Crippen LogP contribution >= 0.6 is 23.2 Å². The zero-order valence-electron chi connectivity index (χ0n) is 22.1. The van der Waals surface area contributed by atoms with Crippen LogP contribution in [0.15, 0.2) is 31.0 Å². The summed E-state index contributed by atoms with van der Waals surface area (Å²) in [6.07, 6.45) is 4.93. The van der Waals surface area contributed by atoms with Crippen molar-refractivity contribution in [3.05, 3.63) is 41.0 Å². The second kappa shape index (κ2) is 12.4. The summed E-state index contributed by atoms with van der Waals surface area (Å²) in [7, 11) is 3.02. The highest BCUT2D eigenvalue weighted by molar-refractivity contribution is 6.41. The maximum Gasteiger partial charge on any atom is 0.243 e. The van der Waals surface area contributed by atoms with Gasteiger partial charge in [-0.15, -0.1) is 0 Å². The maximum absolute atomic E-state index is 11.8. The lowest BCUT2D eigenvalue weighted by atomic mass is 10.1. The van der Waals surface area contributed by atoms with Gasteiger partial charge in [0.1, 0.15) is 23.1 Å². The van der Waals surface area contributed by atoms with Gasteiger partial charge in [0.2, 0.25) is 5.91 Å². The minimum absolute atomic E-state index is 0.0712. The van der Waals surface area contributed by atoms with Crippen LogP contribution in [0.3, 0.4) is 0 Å². The first-order valence-corrected chi connectivity index (χ1v) is 13.6. The molecule has 11 nitrogen and oxygen atoms in total. The van der Waals surface area contributed by atoms with Gasteiger partial charge in [-0.2, -0.15) is 0 Å². The molecule has 2 aromatic heterocycles. The van der Waals surface area contributed by atoms with Gasteiger partial charge in [-0.25, -0.2) is 15.0 Å². The Kier molecular flexibility index (Phi) is 8.75. The number of carbonyl (C=O) groups excluding carboxylic acids is 1. The number of methoxy groups -OCH3 is 2. The van der Waals surface area contributed by atoms with Crippen LogP contribution in [0, 0.1) is 0 Å². The number of nitrogens with one attached hydrogen (secondary N) is 3. The van der Waals surface area contributed by atoms with Gasteiger partial charge in [0, 0.05) is 24.6 Å². The highest BCUT2D eigenvalue weighted by Gasteiger charge is 2.30. The van der Waals surface area contributed by atoms with E-state index in [9.17, 15) is 4.79 Å². The van der Waals surface area contributed by atoms with Gasteiger partial charge >= 0.3 is 0 Å². The molecule has 4 heterocycles. The van der Waals surface area contributed by atoms with Crippen molar-refractivity contribution in [2.75, 3.05) is 51.2 Å². The minimum Gasteiger partial charge on any atom is -0.495 e. The number of carbonyl (C=O) groups is 1. The molecule has 1 aromatic carbocycles. The third-order valence-electron chi connectivity index (χ3n) is 6.83. The van der Waals surface area contributed by atoms with Crippen LogP contribution in [-0.4, -0.2) is 79.6 Å². The lowest BCUT2D eigenvalue weighted by molar-refractivity contribution is -0.117. The number of rotatable bonds is 10. The first-order chi connectivity index (χ1) is 19.4. The molecule has 3 atom stereocenters. The molecule has 2 fully saturated rings. The number of fused-ring (bicyclic) bond motifs is 1. The average Bonchev–Trinajstić information content (AvgIpc) is 3.64. The fraction of sp³-hybridized carbons (Fsp3) is 0.407. The Bertz CT molecular complexity index is 1390. The summed E-state index contributed by atoms with van der Waals surface area (Å²) in [5.41, 5.74) is 0.950. The summed E-state index contributed by atoms with van der Waals surface area (Å²) in [6.45, 7) is 5.61. The molecule has 1 amide bonds. The van der Waals surface area contributed by atoms with E-state index in [2.05, 4.69) is 27.5 Å². The van der Waals surface area contributed by atoms with Crippen LogP contribution in [0.1, 0.15) is 12.8 Å². The van der Waals surface area contributed by atoms with Gasteiger partial charge in [-0.05, 0) is 25.0 Å². The quantitative estimate of drug-likeness (QED) is 0.298. The second-order valence-electron chi connectivity index (χ2n) is 9.39. The van der Waals surface area contributed by atoms with Crippen LogP contribution < -0.4 is 25.4 Å². The van der Waals surface area contributed by atoms with Crippen molar-refractivity contribution < 1.29 is 23.7 Å². The summed E-state index contributed by atoms with van der Waals surface area (Å²) < 4.78 is 22.3. The monoisotopic (exact) mass is 588 g/mol. The molecule has 0 bridgehead atoms. The Morgan fingerprint density at radius 1 is 1.15 bits per heavy atom. The van der Waals surface area contributed by atoms with Gasteiger partial charge in [0.05, 0.1) is 72.9 Å². The highest BCUT2D eigenvalue weighted by atomic mass is 35.5. The van der Waals surface area contributed by atoms with E-state index in [1.165, 1.54) is 20.3 Å². The number of nitrogens with zero attached hydrogens (tertiary/aromatic N) is 3. The van der Waals surface area contributed by atoms with Gasteiger partial charge in [0.25, 0.3) is 0 Å². The van der Waals surface area contributed by atoms with Crippen LogP contribution in [0.25, 0.3) is 22.3 Å². The number of ether oxygens (including phenoxy) is 4. The third-order valence-corrected chi connectivity index (χ3v) is 7.58. The number of pyridine rings is 1. The van der Waals surface area contributed by atoms with Crippen molar-refractivity contribution in [3.63, 3.8) is 0 Å². The Labute approximate surface area is 241 Å². The van der Waals surface area contributed by atoms with Gasteiger partial charge in [0.15, 0.2) is 5.82 Å². The van der Waals surface area contributed by atoms with E-state index >= 15 is 0 Å². The molecule has 212 valence electrons. The summed E-state index contributed by atoms with van der Waals surface area (Å²) in [6, 6.07) is 3.06. The molecule has 0 spiro atoms. The Morgan fingerprint density at radius 3 is 2.58 bits per heavy atom. The first-order valence-electron chi connectivity index (χ1n) is 12.8. The molecule has 0 aliphatic carbocycles. The van der Waals surface area contributed by atoms with Crippen molar-refractivity contribution >= 4 is 51.6 Å². The molecular weight excluding hydrogens is 559 g/mol. The number of hydrogen-bond donors (Lipinski definition) is 3. The van der Waals surface area contributed by atoms with Gasteiger partial charge in [-0.3, -0.25) is 4.79 Å². The molecule has 2 aliphatic rings. The topological polar surface area (TPSA) is 129 Å². The number of hydrogen-bond acceptors (Lipinski definition) is 10. The molecule has 2 saturated heterocycles. The Balaban J connectivity index is 1.54. The van der Waals surface area contributed by atoms with Crippen molar-refractivity contribution in [2.45, 2.75) is 31.0 Å². The van der Waals surface area contributed by atoms with Crippen LogP contribution in [0.4, 0.5) is 11.6 Å². The molecule has 3 N–H and O–H groups in total. The average molecular weight is 589 g/mol. The van der Waals surface area contributed by atoms with Gasteiger partial charge in [-0.1, -0.05) is 29.8 Å². The lowest BCUT2D eigenvalue weighted by Crippen LogP contribution is -2.45. The van der Waals surface area contributed by atoms with E-state index in [0.717, 1.165) is 24.8 Å². The molecular formula is C27H30Cl2N6O5. The standard InChI is InChI=1S/C27H30Cl2N6O5/c1-4-22(36)33-18-13-39-12-17(18)32-21-8-15-16(11-30-21)34-27(35-26(15)31-10-14-6-5-7-40-14)23-24(28)19(37-2)9-20(38-3)25(23)29/h4,8-9,11,14,17-18H,1,5-7,10,12-13H2,2-3H3,(H,30,32)(H,33,36)(H,31,34,35)/t14?,17-,18+/m1/s1. The molecule has 40 heavy (non-hydrogen) atoms. The van der Waals surface area contributed by atoms with E-state index in [-0.39, 0.29) is 40.0 Å². The van der Waals surface area contributed by atoms with Crippen LogP contribution in [0.5, 0.6) is 11.5 Å². The Morgan fingerprint density at radius 2 is 1.90 bits per heavy atom. The maximum atomic E-state index is 11.8. The van der Waals surface area contributed by atoms with E-state index in [1.807, 2.05) is 6.07 Å². The largest absolute Gasteiger partial charge is 0.495 e. The summed E-state index contributed by atoms with van der Waals surface area (Å²) in [5.74, 6) is 1.93. The SMILES string of the molecule is C=CC(=O)N[C@H]1COC[C@H]1Nc1cc2c(NCC3CCCO3)nc(-c3c(Cl)c(OC)cc(OC)c3Cl)nc2cn1. The molecule has 2 aliphatic heterocycles. The number of aromatic nitrogens is 3. The third kappa shape index (κ3) is 5.87. The summed E-state index contributed by atoms with van der Waals surface area (Å²) in [5, 5.41) is 10.9. The zero-order valence-corrected chi connectivity index (χ0v) is 23.6. The van der Waals surface area contributed by atoms with E-state index in [1.54, 1.807) is 12.3 Å². The summed E-state index contributed by atoms with van der Waals surface area (Å²) in [4.78, 5) is 26.0. The number of amides is 1. The molecule has 13 heteroatoms. The molecule has 0 saturated carbocycles. The summed E-state index contributed by atoms with van der Waals surface area (Å²) >= 11 is 13.4. The normalized spacial score (nSPS) is 20.4. The predicted octanol–water partition coefficient (Wildman–Crippen LogP) is 4.09. The van der Waals surface area contributed by atoms with Crippen molar-refractivity contribution in [2.24, 2.45) is 0 Å². The smallest absolute Gasteiger partial charge is 0.243 e. The fourth-order valence-corrected chi connectivity index (χ4v) is 5.40. The Hall–Kier alpha value is -3.38. The van der Waals surface area contributed by atoms with Crippen molar-refractivity contribution in [3.8, 4) is 22.9 Å². The predicted molar refractivity (Wildman–Crippen MR) is 154 cm³/mol. The van der Waals surface area contributed by atoms with E-state index < -0.39 is 0 Å². The molecule has 5 rings (SSSR count). The zero-order chi connectivity index (χ0) is 28.2. The van der Waals surface area contributed by atoms with Crippen LogP contribution in [-0.2, 0) is 14.3 Å². The van der Waals surface area contributed by atoms with Crippen LogP contribution in [0.2, 0.25) is 10.0 Å². The number of halogens is 2. The fourth-order valence-electron chi connectivity index (χ4n) is 4.73. The van der Waals surface area contributed by atoms with Crippen molar-refractivity contribution in [1.29, 1.82) is 0 Å². The molecule has 0 radical (unpaired) electrons. The number of benzene rings is 1. The first kappa shape index (κ1) is 28.2. The molecule has 1 unspecified atom stereocenters. The number of anilines is 2.